The normalized spacial score (nSPS) is 11.6. The van der Waals surface area contributed by atoms with Crippen molar-refractivity contribution in [1.29, 1.82) is 5.26 Å². The molecular formula is C18H15N3O. The number of phenols is 1. The van der Waals surface area contributed by atoms with E-state index in [4.69, 9.17) is 0 Å². The predicted molar refractivity (Wildman–Crippen MR) is 86.8 cm³/mol. The number of hydrogen-bond acceptors (Lipinski definition) is 3. The maximum Gasteiger partial charge on any atom is 0.146 e. The van der Waals surface area contributed by atoms with E-state index in [1.807, 2.05) is 48.8 Å². The lowest BCUT2D eigenvalue weighted by atomic mass is 10.1. The monoisotopic (exact) mass is 289 g/mol. The van der Waals surface area contributed by atoms with E-state index in [-0.39, 0.29) is 5.75 Å². The summed E-state index contributed by atoms with van der Waals surface area (Å²) in [5.41, 5.74) is 4.05. The molecular weight excluding hydrogens is 274 g/mol. The fourth-order valence-electron chi connectivity index (χ4n) is 2.59. The van der Waals surface area contributed by atoms with Gasteiger partial charge in [-0.25, -0.2) is 4.98 Å². The summed E-state index contributed by atoms with van der Waals surface area (Å²) in [7, 11) is 0. The molecule has 0 unspecified atom stereocenters. The van der Waals surface area contributed by atoms with Crippen molar-refractivity contribution in [3.05, 3.63) is 59.9 Å². The summed E-state index contributed by atoms with van der Waals surface area (Å²) in [4.78, 5) is 4.45. The van der Waals surface area contributed by atoms with Crippen LogP contribution in [-0.4, -0.2) is 14.7 Å². The van der Waals surface area contributed by atoms with E-state index in [9.17, 15) is 10.4 Å². The largest absolute Gasteiger partial charge is 0.508 e. The van der Waals surface area contributed by atoms with E-state index in [1.165, 1.54) is 0 Å². The van der Waals surface area contributed by atoms with Gasteiger partial charge in [-0.05, 0) is 55.8 Å². The molecule has 0 aliphatic rings. The highest BCUT2D eigenvalue weighted by Crippen LogP contribution is 2.32. The molecule has 4 nitrogen and oxygen atoms in total. The number of pyridine rings is 1. The second-order valence-corrected chi connectivity index (χ2v) is 5.03. The van der Waals surface area contributed by atoms with E-state index < -0.39 is 0 Å². The second-order valence-electron chi connectivity index (χ2n) is 5.03. The van der Waals surface area contributed by atoms with Crippen molar-refractivity contribution >= 4 is 16.6 Å². The first kappa shape index (κ1) is 13.9. The van der Waals surface area contributed by atoms with Crippen LogP contribution < -0.4 is 0 Å². The highest BCUT2D eigenvalue weighted by Gasteiger charge is 2.19. The van der Waals surface area contributed by atoms with Crippen molar-refractivity contribution in [2.45, 2.75) is 13.8 Å². The van der Waals surface area contributed by atoms with Gasteiger partial charge in [0.1, 0.15) is 17.5 Å². The number of fused-ring (bicyclic) bond motifs is 1. The minimum Gasteiger partial charge on any atom is -0.508 e. The Kier molecular flexibility index (Phi) is 3.40. The SMILES string of the molecule is CC=C(C)c1c(C#N)c2cccnc2n1-c1ccc(O)cc1. The number of nitrogens with zero attached hydrogens (tertiary/aromatic N) is 3. The zero-order valence-corrected chi connectivity index (χ0v) is 12.4. The molecule has 0 amide bonds. The van der Waals surface area contributed by atoms with Crippen LogP contribution in [0.2, 0.25) is 0 Å². The molecule has 0 bridgehead atoms. The van der Waals surface area contributed by atoms with Crippen LogP contribution in [0.3, 0.4) is 0 Å². The van der Waals surface area contributed by atoms with Gasteiger partial charge in [-0.1, -0.05) is 6.08 Å². The molecule has 2 heterocycles. The van der Waals surface area contributed by atoms with Crippen LogP contribution in [0.5, 0.6) is 5.75 Å². The summed E-state index contributed by atoms with van der Waals surface area (Å²) in [6.07, 6.45) is 3.70. The van der Waals surface area contributed by atoms with Gasteiger partial charge in [0.25, 0.3) is 0 Å². The maximum atomic E-state index is 9.61. The summed E-state index contributed by atoms with van der Waals surface area (Å²) >= 11 is 0. The fraction of sp³-hybridized carbons (Fsp3) is 0.111. The molecule has 108 valence electrons. The Morgan fingerprint density at radius 2 is 2.00 bits per heavy atom. The molecule has 0 saturated carbocycles. The van der Waals surface area contributed by atoms with E-state index in [1.54, 1.807) is 18.3 Å². The Labute approximate surface area is 128 Å². The fourth-order valence-corrected chi connectivity index (χ4v) is 2.59. The summed E-state index contributed by atoms with van der Waals surface area (Å²) in [5.74, 6) is 0.206. The number of aromatic nitrogens is 2. The number of aromatic hydroxyl groups is 1. The van der Waals surface area contributed by atoms with Crippen molar-refractivity contribution in [2.75, 3.05) is 0 Å². The smallest absolute Gasteiger partial charge is 0.146 e. The highest BCUT2D eigenvalue weighted by molar-refractivity contribution is 5.91. The number of phenolic OH excluding ortho intramolecular Hbond substituents is 1. The molecule has 0 atom stereocenters. The maximum absolute atomic E-state index is 9.61. The van der Waals surface area contributed by atoms with Crippen LogP contribution in [0.25, 0.3) is 22.3 Å². The molecule has 3 rings (SSSR count). The number of benzene rings is 1. The van der Waals surface area contributed by atoms with Crippen molar-refractivity contribution in [2.24, 2.45) is 0 Å². The average Bonchev–Trinajstić information content (AvgIpc) is 2.89. The minimum atomic E-state index is 0.206. The third kappa shape index (κ3) is 2.04. The predicted octanol–water partition coefficient (Wildman–Crippen LogP) is 4.03. The van der Waals surface area contributed by atoms with Crippen molar-refractivity contribution in [3.63, 3.8) is 0 Å². The molecule has 0 aliphatic carbocycles. The van der Waals surface area contributed by atoms with Crippen molar-refractivity contribution in [1.82, 2.24) is 9.55 Å². The number of allylic oxidation sites excluding steroid dienone is 2. The first-order valence-electron chi connectivity index (χ1n) is 6.99. The lowest BCUT2D eigenvalue weighted by Crippen LogP contribution is -2.00. The van der Waals surface area contributed by atoms with Gasteiger partial charge in [0.05, 0.1) is 11.3 Å². The van der Waals surface area contributed by atoms with Gasteiger partial charge in [-0.15, -0.1) is 0 Å². The van der Waals surface area contributed by atoms with Crippen LogP contribution in [0, 0.1) is 11.3 Å². The Morgan fingerprint density at radius 3 is 2.64 bits per heavy atom. The zero-order valence-electron chi connectivity index (χ0n) is 12.4. The molecule has 4 heteroatoms. The van der Waals surface area contributed by atoms with E-state index >= 15 is 0 Å². The number of hydrogen-bond donors (Lipinski definition) is 1. The average molecular weight is 289 g/mol. The first-order valence-corrected chi connectivity index (χ1v) is 6.99. The Morgan fingerprint density at radius 1 is 1.27 bits per heavy atom. The molecule has 0 radical (unpaired) electrons. The standard InChI is InChI=1S/C18H15N3O/c1-3-12(2)17-16(11-19)15-5-4-10-20-18(15)21(17)13-6-8-14(22)9-7-13/h3-10,22H,1-2H3. The van der Waals surface area contributed by atoms with Crippen LogP contribution in [0.1, 0.15) is 25.1 Å². The van der Waals surface area contributed by atoms with Crippen molar-refractivity contribution in [3.8, 4) is 17.5 Å². The van der Waals surface area contributed by atoms with Gasteiger partial charge in [0.15, 0.2) is 0 Å². The van der Waals surface area contributed by atoms with Gasteiger partial charge >= 0.3 is 0 Å². The van der Waals surface area contributed by atoms with Gasteiger partial charge in [-0.3, -0.25) is 4.57 Å². The second kappa shape index (κ2) is 5.38. The molecule has 22 heavy (non-hydrogen) atoms. The first-order chi connectivity index (χ1) is 10.7. The lowest BCUT2D eigenvalue weighted by molar-refractivity contribution is 0.475. The molecule has 0 fully saturated rings. The molecule has 2 aromatic heterocycles. The van der Waals surface area contributed by atoms with Crippen LogP contribution in [0.15, 0.2) is 48.7 Å². The molecule has 3 aromatic rings. The van der Waals surface area contributed by atoms with Gasteiger partial charge in [0, 0.05) is 17.3 Å². The summed E-state index contributed by atoms with van der Waals surface area (Å²) in [5, 5.41) is 19.9. The molecule has 1 N–H and O–H groups in total. The zero-order chi connectivity index (χ0) is 15.7. The Hall–Kier alpha value is -3.06. The van der Waals surface area contributed by atoms with Gasteiger partial charge < -0.3 is 5.11 Å². The molecule has 0 aliphatic heterocycles. The van der Waals surface area contributed by atoms with Crippen LogP contribution >= 0.6 is 0 Å². The van der Waals surface area contributed by atoms with Gasteiger partial charge in [0.2, 0.25) is 0 Å². The Bertz CT molecular complexity index is 912. The lowest BCUT2D eigenvalue weighted by Gasteiger charge is -2.11. The van der Waals surface area contributed by atoms with Gasteiger partial charge in [-0.2, -0.15) is 5.26 Å². The minimum absolute atomic E-state index is 0.206. The number of nitriles is 1. The van der Waals surface area contributed by atoms with E-state index in [2.05, 4.69) is 11.1 Å². The van der Waals surface area contributed by atoms with Crippen LogP contribution in [0.4, 0.5) is 0 Å². The quantitative estimate of drug-likeness (QED) is 0.774. The molecule has 1 aromatic carbocycles. The summed E-state index contributed by atoms with van der Waals surface area (Å²) in [6.45, 7) is 3.93. The van der Waals surface area contributed by atoms with E-state index in [0.717, 1.165) is 28.0 Å². The third-order valence-corrected chi connectivity index (χ3v) is 3.75. The highest BCUT2D eigenvalue weighted by atomic mass is 16.3. The van der Waals surface area contributed by atoms with E-state index in [0.29, 0.717) is 5.56 Å². The topological polar surface area (TPSA) is 61.8 Å². The summed E-state index contributed by atoms with van der Waals surface area (Å²) in [6, 6.07) is 12.9. The Balaban J connectivity index is 2.47. The van der Waals surface area contributed by atoms with Crippen LogP contribution in [-0.2, 0) is 0 Å². The van der Waals surface area contributed by atoms with Crippen molar-refractivity contribution < 1.29 is 5.11 Å². The number of rotatable bonds is 2. The summed E-state index contributed by atoms with van der Waals surface area (Å²) < 4.78 is 1.96. The molecule has 0 spiro atoms. The third-order valence-electron chi connectivity index (χ3n) is 3.75. The molecule has 0 saturated heterocycles.